The largest absolute Gasteiger partial charge is 0.416 e. The minimum atomic E-state index is -4.38. The zero-order chi connectivity index (χ0) is 26.5. The number of amides is 1. The van der Waals surface area contributed by atoms with E-state index in [9.17, 15) is 18.0 Å². The normalized spacial score (nSPS) is 11.6. The number of hydrogen-bond acceptors (Lipinski definition) is 4. The highest BCUT2D eigenvalue weighted by Gasteiger charge is 2.30. The molecular formula is C29H23F3N4OS. The van der Waals surface area contributed by atoms with Crippen molar-refractivity contribution < 1.29 is 18.0 Å². The Balaban J connectivity index is 1.31. The van der Waals surface area contributed by atoms with Gasteiger partial charge in [0.2, 0.25) is 0 Å². The molecule has 192 valence electrons. The molecule has 5 nitrogen and oxygen atoms in total. The summed E-state index contributed by atoms with van der Waals surface area (Å²) >= 11 is 1.37. The lowest BCUT2D eigenvalue weighted by Crippen LogP contribution is -2.22. The Labute approximate surface area is 221 Å². The van der Waals surface area contributed by atoms with Crippen LogP contribution in [0.15, 0.2) is 102 Å². The van der Waals surface area contributed by atoms with Gasteiger partial charge in [0.15, 0.2) is 5.16 Å². The maximum absolute atomic E-state index is 13.1. The van der Waals surface area contributed by atoms with E-state index in [0.29, 0.717) is 35.1 Å². The second-order valence-electron chi connectivity index (χ2n) is 8.70. The van der Waals surface area contributed by atoms with Gasteiger partial charge in [-0.15, -0.1) is 0 Å². The van der Waals surface area contributed by atoms with Crippen LogP contribution in [0, 0.1) is 0 Å². The molecule has 2 heterocycles. The van der Waals surface area contributed by atoms with E-state index in [0.717, 1.165) is 28.2 Å². The number of carbonyl (C=O) groups excluding carboxylic acids is 1. The number of nitrogens with zero attached hydrogens (tertiary/aromatic N) is 3. The van der Waals surface area contributed by atoms with Crippen LogP contribution < -0.4 is 5.32 Å². The smallest absolute Gasteiger partial charge is 0.348 e. The van der Waals surface area contributed by atoms with E-state index < -0.39 is 11.7 Å². The van der Waals surface area contributed by atoms with E-state index >= 15 is 0 Å². The summed E-state index contributed by atoms with van der Waals surface area (Å²) in [6.45, 7) is 0.918. The topological polar surface area (TPSA) is 59.8 Å². The summed E-state index contributed by atoms with van der Waals surface area (Å²) in [4.78, 5) is 21.5. The van der Waals surface area contributed by atoms with Crippen LogP contribution >= 0.6 is 11.8 Å². The Bertz CT molecular complexity index is 1550. The van der Waals surface area contributed by atoms with Crippen molar-refractivity contribution in [2.75, 3.05) is 0 Å². The number of nitrogens with one attached hydrogen (secondary N) is 1. The first kappa shape index (κ1) is 25.5. The molecule has 0 aliphatic carbocycles. The van der Waals surface area contributed by atoms with Crippen molar-refractivity contribution in [3.8, 4) is 0 Å². The molecule has 0 unspecified atom stereocenters. The molecule has 0 atom stereocenters. The van der Waals surface area contributed by atoms with Gasteiger partial charge >= 0.3 is 6.18 Å². The maximum atomic E-state index is 13.1. The Kier molecular flexibility index (Phi) is 7.46. The highest BCUT2D eigenvalue weighted by atomic mass is 32.2. The number of hydrogen-bond donors (Lipinski definition) is 1. The van der Waals surface area contributed by atoms with Crippen molar-refractivity contribution in [1.29, 1.82) is 0 Å². The first-order chi connectivity index (χ1) is 18.4. The molecule has 0 saturated heterocycles. The first-order valence-electron chi connectivity index (χ1n) is 11.9. The van der Waals surface area contributed by atoms with E-state index in [4.69, 9.17) is 4.98 Å². The lowest BCUT2D eigenvalue weighted by Gasteiger charge is -2.11. The molecule has 5 rings (SSSR count). The minimum Gasteiger partial charge on any atom is -0.348 e. The van der Waals surface area contributed by atoms with Crippen molar-refractivity contribution in [3.05, 3.63) is 125 Å². The van der Waals surface area contributed by atoms with Gasteiger partial charge in [0.05, 0.1) is 29.3 Å². The molecular weight excluding hydrogens is 509 g/mol. The fraction of sp³-hybridized carbons (Fsp3) is 0.138. The van der Waals surface area contributed by atoms with E-state index in [1.165, 1.54) is 23.9 Å². The molecule has 0 radical (unpaired) electrons. The van der Waals surface area contributed by atoms with Crippen LogP contribution in [-0.4, -0.2) is 20.4 Å². The number of carbonyl (C=O) groups is 1. The molecule has 0 bridgehead atoms. The van der Waals surface area contributed by atoms with Crippen LogP contribution in [0.2, 0.25) is 0 Å². The maximum Gasteiger partial charge on any atom is 0.416 e. The third-order valence-electron chi connectivity index (χ3n) is 5.99. The summed E-state index contributed by atoms with van der Waals surface area (Å²) in [7, 11) is 0. The average molecular weight is 533 g/mol. The van der Waals surface area contributed by atoms with Crippen molar-refractivity contribution in [3.63, 3.8) is 0 Å². The van der Waals surface area contributed by atoms with Gasteiger partial charge in [0, 0.05) is 24.1 Å². The monoisotopic (exact) mass is 532 g/mol. The van der Waals surface area contributed by atoms with Crippen molar-refractivity contribution in [1.82, 2.24) is 19.9 Å². The first-order valence-corrected chi connectivity index (χ1v) is 12.9. The number of pyridine rings is 1. The predicted octanol–water partition coefficient (Wildman–Crippen LogP) is 6.72. The van der Waals surface area contributed by atoms with Crippen molar-refractivity contribution >= 4 is 28.7 Å². The zero-order valence-corrected chi connectivity index (χ0v) is 21.0. The number of fused-ring (bicyclic) bond motifs is 1. The Morgan fingerprint density at radius 1 is 0.895 bits per heavy atom. The van der Waals surface area contributed by atoms with Gasteiger partial charge in [-0.25, -0.2) is 4.98 Å². The number of aromatic nitrogens is 3. The summed E-state index contributed by atoms with van der Waals surface area (Å²) in [5, 5.41) is 3.60. The second-order valence-corrected chi connectivity index (χ2v) is 9.64. The Morgan fingerprint density at radius 3 is 2.42 bits per heavy atom. The molecule has 5 aromatic rings. The SMILES string of the molecule is O=C(NCc1ccccc1)c1ccc(Cn2c(SCc3cccc(C(F)(F)F)c3)nc3ccncc32)cc1. The van der Waals surface area contributed by atoms with Gasteiger partial charge in [-0.1, -0.05) is 72.4 Å². The van der Waals surface area contributed by atoms with E-state index in [1.54, 1.807) is 36.7 Å². The summed E-state index contributed by atoms with van der Waals surface area (Å²) in [6, 6.07) is 24.2. The molecule has 1 N–H and O–H groups in total. The van der Waals surface area contributed by atoms with Crippen LogP contribution in [0.25, 0.3) is 11.0 Å². The fourth-order valence-electron chi connectivity index (χ4n) is 4.02. The molecule has 3 aromatic carbocycles. The lowest BCUT2D eigenvalue weighted by molar-refractivity contribution is -0.137. The zero-order valence-electron chi connectivity index (χ0n) is 20.2. The van der Waals surface area contributed by atoms with Gasteiger partial charge in [0.25, 0.3) is 5.91 Å². The number of imidazole rings is 1. The van der Waals surface area contributed by atoms with Gasteiger partial charge in [-0.05, 0) is 41.0 Å². The van der Waals surface area contributed by atoms with Crippen LogP contribution in [0.5, 0.6) is 0 Å². The molecule has 38 heavy (non-hydrogen) atoms. The summed E-state index contributed by atoms with van der Waals surface area (Å²) < 4.78 is 41.4. The molecule has 0 saturated carbocycles. The van der Waals surface area contributed by atoms with Gasteiger partial charge in [-0.3, -0.25) is 9.78 Å². The second kappa shape index (κ2) is 11.1. The molecule has 0 fully saturated rings. The minimum absolute atomic E-state index is 0.157. The highest BCUT2D eigenvalue weighted by Crippen LogP contribution is 2.32. The van der Waals surface area contributed by atoms with Gasteiger partial charge in [-0.2, -0.15) is 13.2 Å². The third-order valence-corrected chi connectivity index (χ3v) is 7.04. The number of rotatable bonds is 8. The third kappa shape index (κ3) is 6.06. The van der Waals surface area contributed by atoms with Crippen LogP contribution in [0.1, 0.15) is 32.6 Å². The fourth-order valence-corrected chi connectivity index (χ4v) is 4.98. The summed E-state index contributed by atoms with van der Waals surface area (Å²) in [5.41, 5.74) is 4.00. The van der Waals surface area contributed by atoms with Gasteiger partial charge in [0.1, 0.15) is 0 Å². The number of alkyl halides is 3. The summed E-state index contributed by atoms with van der Waals surface area (Å²) in [5.74, 6) is 0.177. The molecule has 0 spiro atoms. The molecule has 9 heteroatoms. The Hall–Kier alpha value is -4.11. The summed E-state index contributed by atoms with van der Waals surface area (Å²) in [6.07, 6.45) is -1.00. The van der Waals surface area contributed by atoms with Gasteiger partial charge < -0.3 is 9.88 Å². The van der Waals surface area contributed by atoms with Crippen LogP contribution in [0.3, 0.4) is 0 Å². The molecule has 0 aliphatic heterocycles. The van der Waals surface area contributed by atoms with E-state index in [-0.39, 0.29) is 5.91 Å². The predicted molar refractivity (Wildman–Crippen MR) is 142 cm³/mol. The Morgan fingerprint density at radius 2 is 1.66 bits per heavy atom. The van der Waals surface area contributed by atoms with Crippen molar-refractivity contribution in [2.24, 2.45) is 0 Å². The van der Waals surface area contributed by atoms with E-state index in [2.05, 4.69) is 10.3 Å². The number of thioether (sulfide) groups is 1. The average Bonchev–Trinajstić information content (AvgIpc) is 3.28. The van der Waals surface area contributed by atoms with Crippen LogP contribution in [0.4, 0.5) is 13.2 Å². The molecule has 1 amide bonds. The van der Waals surface area contributed by atoms with Crippen LogP contribution in [-0.2, 0) is 25.0 Å². The molecule has 0 aliphatic rings. The lowest BCUT2D eigenvalue weighted by atomic mass is 10.1. The highest BCUT2D eigenvalue weighted by molar-refractivity contribution is 7.98. The standard InChI is InChI=1S/C29H23F3N4OS/c30-29(31,32)24-8-4-7-22(15-24)19-38-28-35-25-13-14-33-17-26(25)36(28)18-21-9-11-23(12-10-21)27(37)34-16-20-5-2-1-3-6-20/h1-15,17H,16,18-19H2,(H,34,37). The van der Waals surface area contributed by atoms with Crippen molar-refractivity contribution in [2.45, 2.75) is 30.2 Å². The quantitative estimate of drug-likeness (QED) is 0.225. The van der Waals surface area contributed by atoms with E-state index in [1.807, 2.05) is 47.0 Å². The number of benzene rings is 3. The number of halogens is 3. The molecule has 2 aromatic heterocycles.